The van der Waals surface area contributed by atoms with E-state index in [1.807, 2.05) is 30.3 Å². The fourth-order valence-corrected chi connectivity index (χ4v) is 8.88. The Balaban J connectivity index is 0.00000372. The van der Waals surface area contributed by atoms with Crippen molar-refractivity contribution in [2.24, 2.45) is 0 Å². The summed E-state index contributed by atoms with van der Waals surface area (Å²) in [5, 5.41) is 2.47. The summed E-state index contributed by atoms with van der Waals surface area (Å²) in [7, 11) is 0. The van der Waals surface area contributed by atoms with Gasteiger partial charge in [-0.05, 0) is 34.7 Å². The molecule has 5 heteroatoms. The maximum atomic E-state index is 5.18. The van der Waals surface area contributed by atoms with E-state index >= 15 is 0 Å². The van der Waals surface area contributed by atoms with E-state index in [1.165, 1.54) is 36.9 Å². The Kier molecular flexibility index (Phi) is 8.47. The fourth-order valence-electron chi connectivity index (χ4n) is 7.67. The molecular weight excluding hydrogens is 889 g/mol. The molecule has 0 spiro atoms. The van der Waals surface area contributed by atoms with Crippen molar-refractivity contribution in [3.63, 3.8) is 0 Å². The molecule has 0 aliphatic heterocycles. The molecule has 0 saturated heterocycles. The van der Waals surface area contributed by atoms with Crippen LogP contribution < -0.4 is 0 Å². The van der Waals surface area contributed by atoms with Crippen LogP contribution in [0, 0.1) is 43.2 Å². The van der Waals surface area contributed by atoms with Crippen LogP contribution >= 0.6 is 11.3 Å². The number of aromatic nitrogens is 3. The summed E-state index contributed by atoms with van der Waals surface area (Å²) in [5.74, 6) is 1.97. The van der Waals surface area contributed by atoms with Crippen molar-refractivity contribution in [2.45, 2.75) is 19.3 Å². The van der Waals surface area contributed by atoms with Crippen LogP contribution in [0.5, 0.6) is 0 Å². The molecule has 2 aromatic heterocycles. The second-order valence-electron chi connectivity index (χ2n) is 13.9. The van der Waals surface area contributed by atoms with Crippen molar-refractivity contribution in [1.29, 1.82) is 0 Å². The van der Waals surface area contributed by atoms with Crippen molar-refractivity contribution >= 4 is 31.5 Å². The first-order chi connectivity index (χ1) is 25.5. The van der Waals surface area contributed by atoms with Crippen molar-refractivity contribution < 1.29 is 31.1 Å². The van der Waals surface area contributed by atoms with Gasteiger partial charge < -0.3 is 0 Å². The van der Waals surface area contributed by atoms with Crippen LogP contribution in [0.3, 0.4) is 0 Å². The summed E-state index contributed by atoms with van der Waals surface area (Å²) < 4.78 is 2.43. The van der Waals surface area contributed by atoms with Gasteiger partial charge in [-0.1, -0.05) is 122 Å². The molecule has 53 heavy (non-hydrogen) atoms. The maximum absolute atomic E-state index is 5.18. The molecule has 9 aromatic rings. The van der Waals surface area contributed by atoms with E-state index in [9.17, 15) is 0 Å². The average Bonchev–Trinajstić information content (AvgIpc) is 3.70. The largest absolute Gasteiger partial charge is 2.00 e. The van der Waals surface area contributed by atoms with Gasteiger partial charge in [-0.15, -0.1) is 34.6 Å². The minimum absolute atomic E-state index is 0. The van der Waals surface area contributed by atoms with Crippen molar-refractivity contribution in [3.8, 4) is 67.5 Å². The fraction of sp³-hybridized carbons (Fsp3) is 0.0625. The number of benzene rings is 7. The van der Waals surface area contributed by atoms with Crippen LogP contribution in [-0.2, 0) is 5.41 Å². The number of hydrogen-bond acceptors (Lipinski definition) is 4. The number of hydrogen-bond donors (Lipinski definition) is 0. The summed E-state index contributed by atoms with van der Waals surface area (Å²) in [4.78, 5) is 15.3. The van der Waals surface area contributed by atoms with E-state index in [0.29, 0.717) is 17.5 Å². The Morgan fingerprint density at radius 1 is 0.509 bits per heavy atom. The van der Waals surface area contributed by atoms with Gasteiger partial charge in [0.2, 0.25) is 0 Å². The molecule has 0 atom stereocenters. The quantitative estimate of drug-likeness (QED) is 0.162. The van der Waals surface area contributed by atoms with Crippen molar-refractivity contribution in [3.05, 3.63) is 175 Å². The van der Waals surface area contributed by atoms with Gasteiger partial charge in [0.25, 0.3) is 0 Å². The van der Waals surface area contributed by atoms with E-state index in [0.717, 1.165) is 44.5 Å². The van der Waals surface area contributed by atoms with Gasteiger partial charge in [0.15, 0.2) is 17.5 Å². The first-order valence-corrected chi connectivity index (χ1v) is 18.3. The second-order valence-corrected chi connectivity index (χ2v) is 14.9. The van der Waals surface area contributed by atoms with Crippen LogP contribution in [0.25, 0.3) is 87.7 Å². The molecule has 1 aliphatic rings. The number of nitrogens with zero attached hydrogens (tertiary/aromatic N) is 3. The molecule has 248 valence electrons. The zero-order valence-electron chi connectivity index (χ0n) is 29.2. The van der Waals surface area contributed by atoms with E-state index in [2.05, 4.69) is 147 Å². The van der Waals surface area contributed by atoms with Gasteiger partial charge in [0.05, 0.1) is 0 Å². The topological polar surface area (TPSA) is 38.7 Å². The third kappa shape index (κ3) is 5.76. The summed E-state index contributed by atoms with van der Waals surface area (Å²) in [6.07, 6.45) is 0. The first-order valence-electron chi connectivity index (χ1n) is 17.5. The number of rotatable bonds is 5. The van der Waals surface area contributed by atoms with E-state index < -0.39 is 0 Å². The average molecular weight is 920 g/mol. The third-order valence-corrected chi connectivity index (χ3v) is 11.6. The smallest absolute Gasteiger partial charge is 0.209 e. The molecule has 7 aromatic carbocycles. The molecule has 0 radical (unpaired) electrons. The van der Waals surface area contributed by atoms with Gasteiger partial charge in [-0.25, -0.2) is 20.5 Å². The summed E-state index contributed by atoms with van der Waals surface area (Å²) in [6.45, 7) is 4.62. The Bertz CT molecular complexity index is 2820. The molecule has 0 saturated carbocycles. The van der Waals surface area contributed by atoms with E-state index in [1.54, 1.807) is 11.3 Å². The number of fused-ring (bicyclic) bond motifs is 6. The third-order valence-electron chi connectivity index (χ3n) is 10.3. The van der Waals surface area contributed by atoms with E-state index in [-0.39, 0.29) is 36.5 Å². The van der Waals surface area contributed by atoms with E-state index in [4.69, 9.17) is 15.0 Å². The predicted molar refractivity (Wildman–Crippen MR) is 215 cm³/mol. The standard InChI is InChI=1S/C48H31N3S.U/c1-48(2)41-25-23-33(30-13-5-3-6-14-30)28-39(41)40-29-34(24-26-42(40)48)32-17-11-18-35(27-32)46-49-45(31-15-7-4-8-16-31)50-47(51-46)38-21-12-20-37-36-19-9-10-22-43(36)52-44(37)38;/h3-13,15-27,29H,1-2H3;/q-2;+2. The van der Waals surface area contributed by atoms with Gasteiger partial charge in [-0.2, -0.15) is 42.0 Å². The zero-order valence-corrected chi connectivity index (χ0v) is 34.2. The van der Waals surface area contributed by atoms with Crippen LogP contribution in [0.1, 0.15) is 25.0 Å². The summed E-state index contributed by atoms with van der Waals surface area (Å²) >= 11 is 1.79. The van der Waals surface area contributed by atoms with Crippen molar-refractivity contribution in [2.75, 3.05) is 0 Å². The Morgan fingerprint density at radius 3 is 2.04 bits per heavy atom. The van der Waals surface area contributed by atoms with Crippen LogP contribution in [0.2, 0.25) is 0 Å². The molecule has 0 amide bonds. The monoisotopic (exact) mass is 919 g/mol. The maximum Gasteiger partial charge on any atom is 2.00 e. The molecule has 0 N–H and O–H groups in total. The molecule has 2 heterocycles. The predicted octanol–water partition coefficient (Wildman–Crippen LogP) is 12.5. The normalized spacial score (nSPS) is 12.7. The van der Waals surface area contributed by atoms with Crippen LogP contribution in [0.15, 0.2) is 152 Å². The Morgan fingerprint density at radius 2 is 1.19 bits per heavy atom. The first kappa shape index (κ1) is 33.6. The van der Waals surface area contributed by atoms with Crippen molar-refractivity contribution in [1.82, 2.24) is 15.0 Å². The second kappa shape index (κ2) is 13.3. The van der Waals surface area contributed by atoms with Gasteiger partial charge in [0, 0.05) is 36.9 Å². The van der Waals surface area contributed by atoms with Crippen LogP contribution in [-0.4, -0.2) is 15.0 Å². The molecule has 3 nitrogen and oxygen atoms in total. The molecule has 0 unspecified atom stereocenters. The Hall–Kier alpha value is -5.18. The molecular formula is C48H31N3SU. The van der Waals surface area contributed by atoms with Gasteiger partial charge in [-0.3, -0.25) is 0 Å². The molecule has 1 aliphatic carbocycles. The van der Waals surface area contributed by atoms with Gasteiger partial charge in [0.1, 0.15) is 0 Å². The Labute approximate surface area is 336 Å². The molecule has 0 bridgehead atoms. The molecule has 0 fully saturated rings. The SMILES string of the molecule is CC1(C)c2ccc(-c3[c-]cccc3)[c-]c2-c2cc(-c3cccc(-c4nc(-c5ccccc5)nc(-c5cccc6c5sc5ccccc56)n4)c3)ccc21.[U+2]. The van der Waals surface area contributed by atoms with Crippen LogP contribution in [0.4, 0.5) is 0 Å². The van der Waals surface area contributed by atoms with Gasteiger partial charge >= 0.3 is 31.1 Å². The zero-order chi connectivity index (χ0) is 34.8. The minimum Gasteiger partial charge on any atom is -0.209 e. The number of thiophene rings is 1. The summed E-state index contributed by atoms with van der Waals surface area (Å²) in [6, 6.07) is 60.3. The minimum atomic E-state index is -0.118. The molecule has 10 rings (SSSR count). The summed E-state index contributed by atoms with van der Waals surface area (Å²) in [5.41, 5.74) is 12.2.